The summed E-state index contributed by atoms with van der Waals surface area (Å²) in [5.74, 6) is -0.911. The third-order valence-corrected chi connectivity index (χ3v) is 7.99. The smallest absolute Gasteiger partial charge is 0.330 e. The number of carbonyl (C=O) groups is 2. The molecule has 5 rings (SSSR count). The van der Waals surface area contributed by atoms with Crippen LogP contribution in [0.2, 0.25) is 0 Å². The van der Waals surface area contributed by atoms with Crippen LogP contribution in [0.25, 0.3) is 11.1 Å². The largest absolute Gasteiger partial charge is 0.455 e. The Kier molecular flexibility index (Phi) is 7.86. The van der Waals surface area contributed by atoms with Crippen molar-refractivity contribution in [2.45, 2.75) is 45.3 Å². The van der Waals surface area contributed by atoms with Crippen molar-refractivity contribution in [2.75, 3.05) is 4.90 Å². The molecule has 0 saturated carbocycles. The highest BCUT2D eigenvalue weighted by Gasteiger charge is 2.35. The van der Waals surface area contributed by atoms with Crippen molar-refractivity contribution < 1.29 is 19.1 Å². The highest BCUT2D eigenvalue weighted by atomic mass is 16.5. The molecule has 0 aliphatic heterocycles. The first-order valence-electron chi connectivity index (χ1n) is 14.0. The van der Waals surface area contributed by atoms with Crippen molar-refractivity contribution in [1.82, 2.24) is 0 Å². The van der Waals surface area contributed by atoms with E-state index in [9.17, 15) is 9.59 Å². The maximum Gasteiger partial charge on any atom is 0.330 e. The zero-order valence-corrected chi connectivity index (χ0v) is 24.5. The Morgan fingerprint density at radius 1 is 0.667 bits per heavy atom. The number of hydrogen-bond acceptors (Lipinski definition) is 5. The van der Waals surface area contributed by atoms with Crippen LogP contribution in [0.3, 0.4) is 0 Å². The van der Waals surface area contributed by atoms with Gasteiger partial charge in [-0.25, -0.2) is 9.59 Å². The van der Waals surface area contributed by atoms with Crippen molar-refractivity contribution in [3.05, 3.63) is 139 Å². The molecule has 212 valence electrons. The van der Waals surface area contributed by atoms with Crippen LogP contribution in [-0.2, 0) is 24.5 Å². The van der Waals surface area contributed by atoms with Gasteiger partial charge in [-0.2, -0.15) is 0 Å². The van der Waals surface area contributed by atoms with Crippen molar-refractivity contribution in [3.63, 3.8) is 0 Å². The quantitative estimate of drug-likeness (QED) is 0.152. The minimum Gasteiger partial charge on any atom is -0.455 e. The van der Waals surface area contributed by atoms with E-state index in [0.717, 1.165) is 28.2 Å². The summed E-state index contributed by atoms with van der Waals surface area (Å²) < 4.78 is 10.8. The van der Waals surface area contributed by atoms with E-state index in [1.165, 1.54) is 34.4 Å². The van der Waals surface area contributed by atoms with E-state index in [2.05, 4.69) is 74.4 Å². The first kappa shape index (κ1) is 28.6. The summed E-state index contributed by atoms with van der Waals surface area (Å²) in [5, 5.41) is 0. The van der Waals surface area contributed by atoms with Crippen LogP contribution in [-0.4, -0.2) is 11.9 Å². The Morgan fingerprint density at radius 2 is 1.12 bits per heavy atom. The summed E-state index contributed by atoms with van der Waals surface area (Å²) in [4.78, 5) is 25.7. The molecule has 1 aliphatic rings. The van der Waals surface area contributed by atoms with E-state index in [0.29, 0.717) is 0 Å². The third kappa shape index (κ3) is 5.38. The molecule has 0 fully saturated rings. The van der Waals surface area contributed by atoms with E-state index >= 15 is 0 Å². The fourth-order valence-corrected chi connectivity index (χ4v) is 5.65. The van der Waals surface area contributed by atoms with Crippen molar-refractivity contribution in [1.29, 1.82) is 0 Å². The molecule has 4 aromatic carbocycles. The number of hydrogen-bond donors (Lipinski definition) is 0. The molecule has 0 radical (unpaired) electrons. The Balaban J connectivity index is 1.56. The van der Waals surface area contributed by atoms with Gasteiger partial charge in [0.05, 0.1) is 0 Å². The van der Waals surface area contributed by atoms with Gasteiger partial charge in [0.2, 0.25) is 0 Å². The second kappa shape index (κ2) is 11.5. The Hall–Kier alpha value is -4.90. The molecule has 42 heavy (non-hydrogen) atoms. The average Bonchev–Trinajstić information content (AvgIpc) is 3.23. The molecule has 0 saturated heterocycles. The summed E-state index contributed by atoms with van der Waals surface area (Å²) in [6.45, 7) is 15.2. The monoisotopic (exact) mass is 557 g/mol. The first-order valence-corrected chi connectivity index (χ1v) is 14.0. The fraction of sp³-hybridized carbons (Fsp3) is 0.189. The molecule has 0 spiro atoms. The maximum atomic E-state index is 11.7. The van der Waals surface area contributed by atoms with Gasteiger partial charge in [-0.05, 0) is 83.6 Å². The van der Waals surface area contributed by atoms with Crippen LogP contribution >= 0.6 is 0 Å². The predicted octanol–water partition coefficient (Wildman–Crippen LogP) is 9.04. The zero-order valence-electron chi connectivity index (χ0n) is 24.5. The summed E-state index contributed by atoms with van der Waals surface area (Å²) >= 11 is 0. The van der Waals surface area contributed by atoms with Gasteiger partial charge in [0.25, 0.3) is 0 Å². The lowest BCUT2D eigenvalue weighted by Crippen LogP contribution is -2.16. The molecule has 1 aliphatic carbocycles. The molecule has 2 atom stereocenters. The van der Waals surface area contributed by atoms with Crippen LogP contribution in [0, 0.1) is 0 Å². The molecular formula is C37H35NO4. The fourth-order valence-electron chi connectivity index (χ4n) is 5.65. The van der Waals surface area contributed by atoms with Gasteiger partial charge in [-0.3, -0.25) is 0 Å². The number of ether oxygens (including phenoxy) is 2. The van der Waals surface area contributed by atoms with Crippen LogP contribution < -0.4 is 4.90 Å². The lowest BCUT2D eigenvalue weighted by Gasteiger charge is -2.28. The lowest BCUT2D eigenvalue weighted by molar-refractivity contribution is -0.143. The summed E-state index contributed by atoms with van der Waals surface area (Å²) in [6.07, 6.45) is 1.53. The predicted molar refractivity (Wildman–Crippen MR) is 168 cm³/mol. The number of esters is 2. The van der Waals surface area contributed by atoms with E-state index in [1.54, 1.807) is 0 Å². The molecule has 4 aromatic rings. The molecule has 0 amide bonds. The third-order valence-electron chi connectivity index (χ3n) is 7.99. The number of nitrogens with zero attached hydrogens (tertiary/aromatic N) is 1. The number of fused-ring (bicyclic) bond motifs is 3. The van der Waals surface area contributed by atoms with Crippen LogP contribution in [0.1, 0.15) is 62.2 Å². The standard InChI is InChI=1S/C37H35NO4/c1-7-35(39)41-24(3)26-13-17-28(18-14-26)38(29-19-15-27(16-20-29)25(4)42-36(40)8-2)30-21-22-32-31-11-9-10-12-33(31)37(5,6)34(32)23-30/h7-25H,1-2H2,3-6H3. The Labute approximate surface area is 247 Å². The highest BCUT2D eigenvalue weighted by Crippen LogP contribution is 2.50. The molecule has 5 heteroatoms. The van der Waals surface area contributed by atoms with E-state index in [1.807, 2.05) is 62.4 Å². The minimum absolute atomic E-state index is 0.143. The van der Waals surface area contributed by atoms with Crippen molar-refractivity contribution >= 4 is 29.0 Å². The van der Waals surface area contributed by atoms with Crippen LogP contribution in [0.15, 0.2) is 116 Å². The number of benzene rings is 4. The van der Waals surface area contributed by atoms with Crippen LogP contribution in [0.4, 0.5) is 17.1 Å². The van der Waals surface area contributed by atoms with Gasteiger partial charge in [-0.1, -0.05) is 81.6 Å². The van der Waals surface area contributed by atoms with Gasteiger partial charge >= 0.3 is 11.9 Å². The molecular weight excluding hydrogens is 522 g/mol. The molecule has 0 N–H and O–H groups in total. The molecule has 2 unspecified atom stereocenters. The number of rotatable bonds is 9. The summed E-state index contributed by atoms with van der Waals surface area (Å²) in [6, 6.07) is 31.3. The molecule has 0 aromatic heterocycles. The van der Waals surface area contributed by atoms with Gasteiger partial charge in [0.1, 0.15) is 12.2 Å². The van der Waals surface area contributed by atoms with Crippen molar-refractivity contribution in [3.8, 4) is 11.1 Å². The van der Waals surface area contributed by atoms with E-state index in [-0.39, 0.29) is 5.41 Å². The average molecular weight is 558 g/mol. The van der Waals surface area contributed by atoms with Crippen LogP contribution in [0.5, 0.6) is 0 Å². The van der Waals surface area contributed by atoms with Gasteiger partial charge in [0.15, 0.2) is 0 Å². The normalized spacial score (nSPS) is 14.1. The summed E-state index contributed by atoms with van der Waals surface area (Å²) in [7, 11) is 0. The number of carbonyl (C=O) groups excluding carboxylic acids is 2. The highest BCUT2D eigenvalue weighted by molar-refractivity contribution is 5.86. The van der Waals surface area contributed by atoms with Gasteiger partial charge in [0, 0.05) is 34.6 Å². The Bertz CT molecular complexity index is 1580. The Morgan fingerprint density at radius 3 is 1.62 bits per heavy atom. The lowest BCUT2D eigenvalue weighted by atomic mass is 9.82. The second-order valence-electron chi connectivity index (χ2n) is 11.0. The van der Waals surface area contributed by atoms with Gasteiger partial charge < -0.3 is 14.4 Å². The number of anilines is 3. The minimum atomic E-state index is -0.456. The van der Waals surface area contributed by atoms with E-state index in [4.69, 9.17) is 9.47 Å². The van der Waals surface area contributed by atoms with Crippen molar-refractivity contribution in [2.24, 2.45) is 0 Å². The molecule has 0 bridgehead atoms. The molecule has 5 nitrogen and oxygen atoms in total. The van der Waals surface area contributed by atoms with Gasteiger partial charge in [-0.15, -0.1) is 0 Å². The maximum absolute atomic E-state index is 11.7. The SMILES string of the molecule is C=CC(=O)OC(C)c1ccc(N(c2ccc(C(C)OC(=O)C=C)cc2)c2ccc3c(c2)C(C)(C)c2ccccc2-3)cc1. The summed E-state index contributed by atoms with van der Waals surface area (Å²) in [5.41, 5.74) is 9.67. The first-order chi connectivity index (χ1) is 20.1. The van der Waals surface area contributed by atoms with E-state index < -0.39 is 24.1 Å². The molecule has 0 heterocycles. The topological polar surface area (TPSA) is 55.8 Å². The second-order valence-corrected chi connectivity index (χ2v) is 11.0. The zero-order chi connectivity index (χ0) is 30.0.